The summed E-state index contributed by atoms with van der Waals surface area (Å²) in [4.78, 5) is 46.2. The van der Waals surface area contributed by atoms with Gasteiger partial charge in [-0.05, 0) is 41.9 Å². The van der Waals surface area contributed by atoms with Crippen molar-refractivity contribution in [1.29, 1.82) is 0 Å². The van der Waals surface area contributed by atoms with Crippen LogP contribution in [0.15, 0.2) is 95.8 Å². The molecule has 0 radical (unpaired) electrons. The predicted octanol–water partition coefficient (Wildman–Crippen LogP) is 7.90. The van der Waals surface area contributed by atoms with Crippen molar-refractivity contribution < 1.29 is 14.7 Å². The third kappa shape index (κ3) is 3.33. The molecule has 0 unspecified atom stereocenters. The van der Waals surface area contributed by atoms with Crippen LogP contribution in [0.4, 0.5) is 5.69 Å². The zero-order valence-electron chi connectivity index (χ0n) is 22.5. The van der Waals surface area contributed by atoms with Gasteiger partial charge in [-0.25, -0.2) is 4.98 Å². The molecule has 208 valence electrons. The lowest BCUT2D eigenvalue weighted by atomic mass is 9.87. The number of aromatic nitrogens is 2. The highest BCUT2D eigenvalue weighted by atomic mass is 32.1. The molecule has 2 aromatic heterocycles. The summed E-state index contributed by atoms with van der Waals surface area (Å²) in [5, 5.41) is 16.4. The molecule has 8 aromatic rings. The van der Waals surface area contributed by atoms with Crippen LogP contribution in [0.1, 0.15) is 26.3 Å². The number of amides is 1. The van der Waals surface area contributed by atoms with E-state index in [0.29, 0.717) is 58.8 Å². The fourth-order valence-corrected chi connectivity index (χ4v) is 8.21. The van der Waals surface area contributed by atoms with Gasteiger partial charge in [0.25, 0.3) is 5.91 Å². The van der Waals surface area contributed by atoms with Gasteiger partial charge in [0.15, 0.2) is 11.2 Å². The Bertz CT molecular complexity index is 2670. The maximum atomic E-state index is 14.0. The van der Waals surface area contributed by atoms with Gasteiger partial charge in [0.2, 0.25) is 0 Å². The topological polar surface area (TPSA) is 109 Å². The molecular weight excluding hydrogens is 591 g/mol. The van der Waals surface area contributed by atoms with E-state index in [2.05, 4.69) is 9.69 Å². The zero-order valence-corrected chi connectivity index (χ0v) is 24.2. The highest BCUT2D eigenvalue weighted by Crippen LogP contribution is 2.44. The minimum atomic E-state index is -0.454. The van der Waals surface area contributed by atoms with Gasteiger partial charge in [0.05, 0.1) is 52.9 Å². The van der Waals surface area contributed by atoms with Crippen LogP contribution in [0.3, 0.4) is 0 Å². The molecule has 1 aliphatic carbocycles. The van der Waals surface area contributed by atoms with Gasteiger partial charge in [-0.2, -0.15) is 4.37 Å². The van der Waals surface area contributed by atoms with Crippen LogP contribution in [0.5, 0.6) is 5.75 Å². The van der Waals surface area contributed by atoms with Gasteiger partial charge in [-0.15, -0.1) is 11.3 Å². The molecule has 6 aromatic carbocycles. The van der Waals surface area contributed by atoms with E-state index in [9.17, 15) is 19.5 Å². The van der Waals surface area contributed by atoms with E-state index in [1.165, 1.54) is 22.9 Å². The number of hydrogen-bond acceptors (Lipinski definition) is 8. The first kappa shape index (κ1) is 25.0. The number of phenols is 1. The van der Waals surface area contributed by atoms with Crippen LogP contribution < -0.4 is 10.7 Å². The number of carbonyl (C=O) groups excluding carboxylic acids is 2. The standard InChI is InChI=1S/C35H17N3O4S2/c39-31-17-8-2-1-7-16(17)29-26-20(31)13-14-21(34(26)44-38-29)35(42)37-23-15-25-30(36-22-11-5-6-12-24(22)43-25)28-27(23)32(40)18-9-3-4-10-19(18)33(28)41/h1-15,41H,(H,37,42). The summed E-state index contributed by atoms with van der Waals surface area (Å²) in [6.07, 6.45) is 0. The second-order valence-electron chi connectivity index (χ2n) is 10.7. The molecule has 0 saturated heterocycles. The van der Waals surface area contributed by atoms with Crippen LogP contribution in [0.25, 0.3) is 63.3 Å². The molecule has 2 heterocycles. The van der Waals surface area contributed by atoms with Crippen LogP contribution >= 0.6 is 22.9 Å². The van der Waals surface area contributed by atoms with E-state index in [-0.39, 0.29) is 28.0 Å². The first-order valence-electron chi connectivity index (χ1n) is 13.8. The van der Waals surface area contributed by atoms with Crippen LogP contribution in [-0.4, -0.2) is 26.2 Å². The van der Waals surface area contributed by atoms with Crippen molar-refractivity contribution in [2.24, 2.45) is 0 Å². The Morgan fingerprint density at radius 2 is 1.50 bits per heavy atom. The number of hydrogen-bond donors (Lipinski definition) is 2. The van der Waals surface area contributed by atoms with Crippen molar-refractivity contribution in [2.45, 2.75) is 0 Å². The highest BCUT2D eigenvalue weighted by molar-refractivity contribution is 7.24. The fourth-order valence-electron chi connectivity index (χ4n) is 6.26. The number of nitrogens with one attached hydrogen (secondary N) is 1. The molecule has 9 rings (SSSR count). The number of aromatic hydroxyl groups is 1. The zero-order chi connectivity index (χ0) is 29.7. The monoisotopic (exact) mass is 607 g/mol. The summed E-state index contributed by atoms with van der Waals surface area (Å²) >= 11 is 2.63. The summed E-state index contributed by atoms with van der Waals surface area (Å²) in [5.74, 6) is -0.626. The van der Waals surface area contributed by atoms with Gasteiger partial charge in [0.1, 0.15) is 5.75 Å². The molecule has 0 saturated carbocycles. The number of fused-ring (bicyclic) bond motifs is 7. The van der Waals surface area contributed by atoms with E-state index in [1.807, 2.05) is 42.5 Å². The Morgan fingerprint density at radius 1 is 0.750 bits per heavy atom. The molecule has 2 N–H and O–H groups in total. The van der Waals surface area contributed by atoms with E-state index in [0.717, 1.165) is 15.8 Å². The molecule has 0 bridgehead atoms. The normalized spacial score (nSPS) is 12.4. The van der Waals surface area contributed by atoms with Crippen molar-refractivity contribution in [2.75, 3.05) is 5.32 Å². The van der Waals surface area contributed by atoms with Gasteiger partial charge < -0.3 is 10.4 Å². The Morgan fingerprint density at radius 3 is 2.36 bits per heavy atom. The largest absolute Gasteiger partial charge is 0.507 e. The third-order valence-electron chi connectivity index (χ3n) is 8.26. The summed E-state index contributed by atoms with van der Waals surface area (Å²) in [6.45, 7) is 0. The molecule has 1 amide bonds. The number of anilines is 1. The summed E-state index contributed by atoms with van der Waals surface area (Å²) in [5.41, 5.74) is 4.04. The van der Waals surface area contributed by atoms with Crippen molar-refractivity contribution in [3.63, 3.8) is 0 Å². The minimum Gasteiger partial charge on any atom is -0.507 e. The highest BCUT2D eigenvalue weighted by Gasteiger charge is 2.30. The third-order valence-corrected chi connectivity index (χ3v) is 10.2. The maximum absolute atomic E-state index is 14.0. The predicted molar refractivity (Wildman–Crippen MR) is 177 cm³/mol. The fraction of sp³-hybridized carbons (Fsp3) is 0. The molecule has 7 nitrogen and oxygen atoms in total. The Kier molecular flexibility index (Phi) is 5.12. The number of para-hydroxylation sites is 1. The maximum Gasteiger partial charge on any atom is 0.257 e. The molecule has 9 heteroatoms. The Hall–Kier alpha value is -5.51. The lowest BCUT2D eigenvalue weighted by molar-refractivity contribution is 0.102. The first-order chi connectivity index (χ1) is 21.5. The summed E-state index contributed by atoms with van der Waals surface area (Å²) < 4.78 is 6.87. The van der Waals surface area contributed by atoms with E-state index < -0.39 is 5.91 Å². The molecule has 0 fully saturated rings. The van der Waals surface area contributed by atoms with Gasteiger partial charge >= 0.3 is 0 Å². The smallest absolute Gasteiger partial charge is 0.257 e. The van der Waals surface area contributed by atoms with Crippen molar-refractivity contribution in [3.05, 3.63) is 118 Å². The molecule has 0 aliphatic heterocycles. The van der Waals surface area contributed by atoms with Crippen molar-refractivity contribution >= 4 is 92.3 Å². The summed E-state index contributed by atoms with van der Waals surface area (Å²) in [7, 11) is 0. The molecule has 0 atom stereocenters. The number of benzene rings is 6. The Labute approximate surface area is 255 Å². The van der Waals surface area contributed by atoms with Crippen LogP contribution in [-0.2, 0) is 0 Å². The van der Waals surface area contributed by atoms with E-state index >= 15 is 0 Å². The number of carbonyl (C=O) groups is 2. The van der Waals surface area contributed by atoms with E-state index in [4.69, 9.17) is 4.98 Å². The Balaban J connectivity index is 1.29. The quantitative estimate of drug-likeness (QED) is 0.153. The first-order valence-corrected chi connectivity index (χ1v) is 15.4. The van der Waals surface area contributed by atoms with Crippen LogP contribution in [0.2, 0.25) is 0 Å². The minimum absolute atomic E-state index is 0.0653. The van der Waals surface area contributed by atoms with Gasteiger partial charge in [-0.3, -0.25) is 14.4 Å². The number of ketones is 1. The lowest BCUT2D eigenvalue weighted by Crippen LogP contribution is -2.16. The van der Waals surface area contributed by atoms with Crippen LogP contribution in [0, 0.1) is 0 Å². The van der Waals surface area contributed by atoms with Crippen molar-refractivity contribution in [1.82, 2.24) is 9.36 Å². The van der Waals surface area contributed by atoms with E-state index in [1.54, 1.807) is 48.5 Å². The molecule has 0 spiro atoms. The van der Waals surface area contributed by atoms with Gasteiger partial charge in [-0.1, -0.05) is 60.7 Å². The lowest BCUT2D eigenvalue weighted by Gasteiger charge is -2.16. The molecular formula is C35H17N3O4S2. The average molecular weight is 608 g/mol. The van der Waals surface area contributed by atoms with Gasteiger partial charge in [0, 0.05) is 32.8 Å². The molecule has 1 aliphatic rings. The molecule has 44 heavy (non-hydrogen) atoms. The number of phenolic OH excluding ortho intramolecular Hbond substituents is 1. The number of rotatable bonds is 2. The number of nitrogens with zero attached hydrogens (tertiary/aromatic N) is 2. The second-order valence-corrected chi connectivity index (χ2v) is 12.5. The average Bonchev–Trinajstić information content (AvgIpc) is 3.50. The second kappa shape index (κ2) is 9.00. The SMILES string of the molecule is O=C(Nc1cc2sc3ccccc3nc2c2c(O)c3ccccc3c(=O)c12)c1ccc2c3c(nsc13)-c1ccccc1C2=O. The summed E-state index contributed by atoms with van der Waals surface area (Å²) in [6, 6.07) is 26.9. The van der Waals surface area contributed by atoms with Crippen molar-refractivity contribution in [3.8, 4) is 17.0 Å².